The van der Waals surface area contributed by atoms with Gasteiger partial charge in [0.25, 0.3) is 5.91 Å². The van der Waals surface area contributed by atoms with Gasteiger partial charge in [-0.3, -0.25) is 4.79 Å². The van der Waals surface area contributed by atoms with Crippen LogP contribution in [0.2, 0.25) is 0 Å². The van der Waals surface area contributed by atoms with Crippen LogP contribution in [0.5, 0.6) is 0 Å². The van der Waals surface area contributed by atoms with Crippen LogP contribution in [0.15, 0.2) is 53.4 Å². The highest BCUT2D eigenvalue weighted by Crippen LogP contribution is 2.18. The Labute approximate surface area is 173 Å². The second-order valence-corrected chi connectivity index (χ2v) is 8.46. The number of sulfonamides is 1. The van der Waals surface area contributed by atoms with Crippen molar-refractivity contribution in [3.8, 4) is 0 Å². The van der Waals surface area contributed by atoms with Crippen LogP contribution in [0.1, 0.15) is 15.9 Å². The van der Waals surface area contributed by atoms with E-state index in [1.807, 2.05) is 0 Å². The number of morpholine rings is 1. The third-order valence-corrected chi connectivity index (χ3v) is 6.35. The van der Waals surface area contributed by atoms with Gasteiger partial charge in [-0.25, -0.2) is 17.6 Å². The summed E-state index contributed by atoms with van der Waals surface area (Å²) in [6.07, 6.45) is 0. The number of ether oxygens (including phenoxy) is 2. The Balaban J connectivity index is 1.50. The van der Waals surface area contributed by atoms with Crippen molar-refractivity contribution in [3.63, 3.8) is 0 Å². The molecule has 0 spiro atoms. The lowest BCUT2D eigenvalue weighted by atomic mass is 10.2. The van der Waals surface area contributed by atoms with Crippen molar-refractivity contribution in [2.45, 2.75) is 11.4 Å². The lowest BCUT2D eigenvalue weighted by Gasteiger charge is -2.26. The molecule has 0 radical (unpaired) electrons. The largest absolute Gasteiger partial charge is 0.452 e. The van der Waals surface area contributed by atoms with Gasteiger partial charge in [0.05, 0.1) is 23.7 Å². The molecule has 2 aromatic carbocycles. The molecule has 0 saturated carbocycles. The number of nitrogens with one attached hydrogen (secondary N) is 1. The van der Waals surface area contributed by atoms with Gasteiger partial charge in [0.2, 0.25) is 10.0 Å². The first-order chi connectivity index (χ1) is 14.4. The lowest BCUT2D eigenvalue weighted by molar-refractivity contribution is -0.124. The van der Waals surface area contributed by atoms with Crippen molar-refractivity contribution in [1.82, 2.24) is 9.62 Å². The number of carbonyl (C=O) groups excluding carboxylic acids is 2. The summed E-state index contributed by atoms with van der Waals surface area (Å²) in [5, 5.41) is 2.56. The van der Waals surface area contributed by atoms with Gasteiger partial charge in [-0.1, -0.05) is 12.1 Å². The number of benzene rings is 2. The maximum atomic E-state index is 12.9. The van der Waals surface area contributed by atoms with E-state index in [9.17, 15) is 22.4 Å². The number of carbonyl (C=O) groups is 2. The van der Waals surface area contributed by atoms with Crippen LogP contribution in [-0.4, -0.2) is 57.5 Å². The van der Waals surface area contributed by atoms with Crippen molar-refractivity contribution in [2.24, 2.45) is 0 Å². The normalized spacial score (nSPS) is 14.8. The monoisotopic (exact) mass is 436 g/mol. The molecule has 0 aliphatic carbocycles. The van der Waals surface area contributed by atoms with Crippen molar-refractivity contribution in [1.29, 1.82) is 0 Å². The smallest absolute Gasteiger partial charge is 0.338 e. The quantitative estimate of drug-likeness (QED) is 0.657. The number of hydrogen-bond acceptors (Lipinski definition) is 6. The lowest BCUT2D eigenvalue weighted by Crippen LogP contribution is -2.40. The summed E-state index contributed by atoms with van der Waals surface area (Å²) in [6, 6.07) is 11.0. The van der Waals surface area contributed by atoms with Crippen molar-refractivity contribution in [2.75, 3.05) is 32.9 Å². The standard InChI is InChI=1S/C20H21FN2O6S/c21-17-5-1-15(2-6-17)13-22-19(24)14-29-20(25)16-3-7-18(8-4-16)30(26,27)23-9-11-28-12-10-23/h1-8H,9-14H2,(H,22,24). The zero-order chi connectivity index (χ0) is 21.6. The average molecular weight is 436 g/mol. The first-order valence-electron chi connectivity index (χ1n) is 9.22. The van der Waals surface area contributed by atoms with Crippen LogP contribution < -0.4 is 5.32 Å². The van der Waals surface area contributed by atoms with E-state index in [1.165, 1.54) is 52.8 Å². The molecule has 30 heavy (non-hydrogen) atoms. The molecule has 3 rings (SSSR count). The molecular weight excluding hydrogens is 415 g/mol. The van der Waals surface area contributed by atoms with E-state index >= 15 is 0 Å². The van der Waals surface area contributed by atoms with E-state index in [1.54, 1.807) is 0 Å². The summed E-state index contributed by atoms with van der Waals surface area (Å²) in [5.41, 5.74) is 0.829. The highest BCUT2D eigenvalue weighted by molar-refractivity contribution is 7.89. The molecule has 0 bridgehead atoms. The van der Waals surface area contributed by atoms with Crippen molar-refractivity contribution in [3.05, 3.63) is 65.5 Å². The van der Waals surface area contributed by atoms with Crippen LogP contribution in [0.3, 0.4) is 0 Å². The Morgan fingerprint density at radius 3 is 2.30 bits per heavy atom. The van der Waals surface area contributed by atoms with Gasteiger partial charge >= 0.3 is 5.97 Å². The Hall–Kier alpha value is -2.82. The SMILES string of the molecule is O=C(COC(=O)c1ccc(S(=O)(=O)N2CCOCC2)cc1)NCc1ccc(F)cc1. The molecule has 160 valence electrons. The minimum atomic E-state index is -3.65. The van der Waals surface area contributed by atoms with E-state index in [0.29, 0.717) is 18.8 Å². The summed E-state index contributed by atoms with van der Waals surface area (Å²) in [4.78, 5) is 24.0. The summed E-state index contributed by atoms with van der Waals surface area (Å²) < 4.78 is 49.4. The third kappa shape index (κ3) is 5.62. The zero-order valence-electron chi connectivity index (χ0n) is 16.0. The molecule has 1 aliphatic heterocycles. The van der Waals surface area contributed by atoms with Crippen LogP contribution in [-0.2, 0) is 30.8 Å². The molecule has 1 fully saturated rings. The highest BCUT2D eigenvalue weighted by Gasteiger charge is 2.26. The van der Waals surface area contributed by atoms with Gasteiger partial charge in [0.15, 0.2) is 6.61 Å². The topological polar surface area (TPSA) is 102 Å². The Bertz CT molecular complexity index is 987. The summed E-state index contributed by atoms with van der Waals surface area (Å²) in [5.74, 6) is -1.63. The Kier molecular flexibility index (Phi) is 7.14. The molecule has 0 atom stereocenters. The van der Waals surface area contributed by atoms with Gasteiger partial charge in [0.1, 0.15) is 5.82 Å². The summed E-state index contributed by atoms with van der Waals surface area (Å²) in [6.45, 7) is 0.913. The minimum absolute atomic E-state index is 0.0676. The number of rotatable bonds is 7. The molecule has 1 amide bonds. The number of amides is 1. The van der Waals surface area contributed by atoms with E-state index in [0.717, 1.165) is 0 Å². The van der Waals surface area contributed by atoms with E-state index < -0.39 is 28.5 Å². The van der Waals surface area contributed by atoms with Gasteiger partial charge < -0.3 is 14.8 Å². The third-order valence-electron chi connectivity index (χ3n) is 4.44. The maximum Gasteiger partial charge on any atom is 0.338 e. The molecule has 2 aromatic rings. The molecule has 0 aromatic heterocycles. The average Bonchev–Trinajstić information content (AvgIpc) is 2.77. The molecule has 1 aliphatic rings. The maximum absolute atomic E-state index is 12.9. The van der Waals surface area contributed by atoms with Gasteiger partial charge in [-0.05, 0) is 42.0 Å². The summed E-state index contributed by atoms with van der Waals surface area (Å²) >= 11 is 0. The number of halogens is 1. The van der Waals surface area contributed by atoms with Crippen molar-refractivity contribution < 1.29 is 31.9 Å². The highest BCUT2D eigenvalue weighted by atomic mass is 32.2. The molecule has 8 nitrogen and oxygen atoms in total. The fourth-order valence-electron chi connectivity index (χ4n) is 2.77. The zero-order valence-corrected chi connectivity index (χ0v) is 16.9. The van der Waals surface area contributed by atoms with E-state index in [-0.39, 0.29) is 35.9 Å². The van der Waals surface area contributed by atoms with E-state index in [4.69, 9.17) is 9.47 Å². The van der Waals surface area contributed by atoms with Crippen molar-refractivity contribution >= 4 is 21.9 Å². The molecule has 1 heterocycles. The second kappa shape index (κ2) is 9.79. The molecule has 0 unspecified atom stereocenters. The second-order valence-electron chi connectivity index (χ2n) is 6.52. The Morgan fingerprint density at radius 2 is 1.67 bits per heavy atom. The number of hydrogen-bond donors (Lipinski definition) is 1. The molecular formula is C20H21FN2O6S. The first-order valence-corrected chi connectivity index (χ1v) is 10.7. The molecule has 1 saturated heterocycles. The molecule has 1 N–H and O–H groups in total. The van der Waals surface area contributed by atoms with Crippen LogP contribution in [0.25, 0.3) is 0 Å². The van der Waals surface area contributed by atoms with Gasteiger partial charge in [-0.15, -0.1) is 0 Å². The molecule has 10 heteroatoms. The Morgan fingerprint density at radius 1 is 1.03 bits per heavy atom. The van der Waals surface area contributed by atoms with Gasteiger partial charge in [0, 0.05) is 19.6 Å². The minimum Gasteiger partial charge on any atom is -0.452 e. The number of esters is 1. The number of nitrogens with zero attached hydrogens (tertiary/aromatic N) is 1. The van der Waals surface area contributed by atoms with Crippen LogP contribution in [0, 0.1) is 5.82 Å². The summed E-state index contributed by atoms with van der Waals surface area (Å²) in [7, 11) is -3.65. The van der Waals surface area contributed by atoms with Gasteiger partial charge in [-0.2, -0.15) is 4.31 Å². The fraction of sp³-hybridized carbons (Fsp3) is 0.300. The van der Waals surface area contributed by atoms with Crippen LogP contribution in [0.4, 0.5) is 4.39 Å². The van der Waals surface area contributed by atoms with Crippen LogP contribution >= 0.6 is 0 Å². The first kappa shape index (κ1) is 21.9. The fourth-order valence-corrected chi connectivity index (χ4v) is 4.18. The predicted molar refractivity (Wildman–Crippen MR) is 105 cm³/mol. The van der Waals surface area contributed by atoms with E-state index in [2.05, 4.69) is 5.32 Å². The predicted octanol–water partition coefficient (Wildman–Crippen LogP) is 1.32.